The van der Waals surface area contributed by atoms with Gasteiger partial charge in [0.15, 0.2) is 0 Å². The zero-order valence-corrected chi connectivity index (χ0v) is 7.50. The van der Waals surface area contributed by atoms with Crippen molar-refractivity contribution in [2.75, 3.05) is 32.8 Å². The molecule has 0 radical (unpaired) electrons. The standard InChI is InChI=1S/C8H18N4/c9-10-7-11-4-5-12-3-1-2-8(12)6-11/h8,10H,1-7,9H2. The average molecular weight is 170 g/mol. The Balaban J connectivity index is 1.84. The summed E-state index contributed by atoms with van der Waals surface area (Å²) < 4.78 is 0. The van der Waals surface area contributed by atoms with E-state index in [-0.39, 0.29) is 0 Å². The van der Waals surface area contributed by atoms with Crippen molar-refractivity contribution < 1.29 is 0 Å². The van der Waals surface area contributed by atoms with Crippen LogP contribution < -0.4 is 11.3 Å². The van der Waals surface area contributed by atoms with Crippen molar-refractivity contribution in [3.05, 3.63) is 0 Å². The maximum Gasteiger partial charge on any atom is 0.0613 e. The number of nitrogens with two attached hydrogens (primary N) is 1. The third-order valence-electron chi connectivity index (χ3n) is 2.99. The molecule has 70 valence electrons. The Morgan fingerprint density at radius 3 is 3.08 bits per heavy atom. The highest BCUT2D eigenvalue weighted by molar-refractivity contribution is 4.86. The Hall–Kier alpha value is -0.160. The molecular formula is C8H18N4. The Labute approximate surface area is 73.7 Å². The lowest BCUT2D eigenvalue weighted by atomic mass is 10.2. The molecular weight excluding hydrogens is 152 g/mol. The highest BCUT2D eigenvalue weighted by Crippen LogP contribution is 2.20. The molecule has 3 N–H and O–H groups in total. The second-order valence-electron chi connectivity index (χ2n) is 3.77. The maximum absolute atomic E-state index is 5.29. The van der Waals surface area contributed by atoms with Crippen molar-refractivity contribution in [2.45, 2.75) is 18.9 Å². The molecule has 2 aliphatic heterocycles. The summed E-state index contributed by atoms with van der Waals surface area (Å²) in [6.45, 7) is 5.75. The SMILES string of the molecule is NNCN1CCN2CCCC2C1. The van der Waals surface area contributed by atoms with Crippen LogP contribution in [0.15, 0.2) is 0 Å². The van der Waals surface area contributed by atoms with E-state index in [1.807, 2.05) is 0 Å². The van der Waals surface area contributed by atoms with Gasteiger partial charge >= 0.3 is 0 Å². The van der Waals surface area contributed by atoms with Crippen molar-refractivity contribution in [3.63, 3.8) is 0 Å². The molecule has 0 aromatic rings. The predicted molar refractivity (Wildman–Crippen MR) is 48.4 cm³/mol. The Morgan fingerprint density at radius 1 is 1.33 bits per heavy atom. The van der Waals surface area contributed by atoms with Crippen LogP contribution in [-0.4, -0.2) is 48.7 Å². The molecule has 0 amide bonds. The minimum absolute atomic E-state index is 0.812. The van der Waals surface area contributed by atoms with Crippen molar-refractivity contribution in [1.29, 1.82) is 0 Å². The summed E-state index contributed by atoms with van der Waals surface area (Å²) in [6.07, 6.45) is 2.76. The summed E-state index contributed by atoms with van der Waals surface area (Å²) in [5.41, 5.74) is 2.72. The van der Waals surface area contributed by atoms with Crippen LogP contribution in [0, 0.1) is 0 Å². The lowest BCUT2D eigenvalue weighted by Gasteiger charge is -2.37. The van der Waals surface area contributed by atoms with E-state index < -0.39 is 0 Å². The molecule has 2 saturated heterocycles. The van der Waals surface area contributed by atoms with E-state index in [1.54, 1.807) is 0 Å². The van der Waals surface area contributed by atoms with Gasteiger partial charge in [0.25, 0.3) is 0 Å². The molecule has 2 rings (SSSR count). The monoisotopic (exact) mass is 170 g/mol. The summed E-state index contributed by atoms with van der Waals surface area (Å²) in [7, 11) is 0. The molecule has 1 unspecified atom stereocenters. The van der Waals surface area contributed by atoms with Gasteiger partial charge in [-0.25, -0.2) is 5.43 Å². The molecule has 2 heterocycles. The number of hydrogen-bond acceptors (Lipinski definition) is 4. The fourth-order valence-corrected chi connectivity index (χ4v) is 2.33. The molecule has 2 fully saturated rings. The van der Waals surface area contributed by atoms with E-state index in [1.165, 1.54) is 39.0 Å². The Kier molecular flexibility index (Phi) is 2.60. The first-order chi connectivity index (χ1) is 5.90. The lowest BCUT2D eigenvalue weighted by Crippen LogP contribution is -2.53. The van der Waals surface area contributed by atoms with Gasteiger partial charge in [0, 0.05) is 25.7 Å². The largest absolute Gasteiger partial charge is 0.298 e. The number of nitrogens with zero attached hydrogens (tertiary/aromatic N) is 2. The fourth-order valence-electron chi connectivity index (χ4n) is 2.33. The van der Waals surface area contributed by atoms with Gasteiger partial charge in [0.1, 0.15) is 0 Å². The van der Waals surface area contributed by atoms with Crippen LogP contribution >= 0.6 is 0 Å². The second-order valence-corrected chi connectivity index (χ2v) is 3.77. The smallest absolute Gasteiger partial charge is 0.0613 e. The molecule has 0 bridgehead atoms. The molecule has 2 aliphatic rings. The summed E-state index contributed by atoms with van der Waals surface area (Å²) in [5.74, 6) is 5.29. The molecule has 0 aromatic carbocycles. The van der Waals surface area contributed by atoms with Crippen LogP contribution in [0.1, 0.15) is 12.8 Å². The summed E-state index contributed by atoms with van der Waals surface area (Å²) in [6, 6.07) is 0.812. The molecule has 4 nitrogen and oxygen atoms in total. The molecule has 0 aliphatic carbocycles. The van der Waals surface area contributed by atoms with Gasteiger partial charge < -0.3 is 0 Å². The van der Waals surface area contributed by atoms with Gasteiger partial charge in [0.2, 0.25) is 0 Å². The van der Waals surface area contributed by atoms with Gasteiger partial charge in [-0.1, -0.05) is 0 Å². The van der Waals surface area contributed by atoms with Crippen molar-refractivity contribution in [3.8, 4) is 0 Å². The van der Waals surface area contributed by atoms with Crippen molar-refractivity contribution in [1.82, 2.24) is 15.2 Å². The number of piperazine rings is 1. The molecule has 0 aromatic heterocycles. The quantitative estimate of drug-likeness (QED) is 0.420. The highest BCUT2D eigenvalue weighted by atomic mass is 15.4. The van der Waals surface area contributed by atoms with Crippen LogP contribution in [-0.2, 0) is 0 Å². The van der Waals surface area contributed by atoms with Gasteiger partial charge in [-0.15, -0.1) is 0 Å². The summed E-state index contributed by atoms with van der Waals surface area (Å²) in [5, 5.41) is 0. The number of nitrogens with one attached hydrogen (secondary N) is 1. The first kappa shape index (κ1) is 8.44. The fraction of sp³-hybridized carbons (Fsp3) is 1.00. The van der Waals surface area contributed by atoms with Crippen LogP contribution in [0.25, 0.3) is 0 Å². The first-order valence-corrected chi connectivity index (χ1v) is 4.80. The van der Waals surface area contributed by atoms with Gasteiger partial charge in [-0.3, -0.25) is 15.6 Å². The van der Waals surface area contributed by atoms with Gasteiger partial charge in [0.05, 0.1) is 6.67 Å². The lowest BCUT2D eigenvalue weighted by molar-refractivity contribution is 0.0983. The average Bonchev–Trinajstić information content (AvgIpc) is 2.51. The predicted octanol–water partition coefficient (Wildman–Crippen LogP) is -0.813. The minimum atomic E-state index is 0.812. The number of fused-ring (bicyclic) bond motifs is 1. The second kappa shape index (κ2) is 3.70. The van der Waals surface area contributed by atoms with E-state index in [2.05, 4.69) is 15.2 Å². The van der Waals surface area contributed by atoms with Crippen molar-refractivity contribution in [2.24, 2.45) is 5.84 Å². The third-order valence-corrected chi connectivity index (χ3v) is 2.99. The van der Waals surface area contributed by atoms with Crippen LogP contribution in [0.5, 0.6) is 0 Å². The Bertz CT molecular complexity index is 150. The zero-order valence-electron chi connectivity index (χ0n) is 7.50. The normalized spacial score (nSPS) is 32.2. The molecule has 1 atom stereocenters. The van der Waals surface area contributed by atoms with Crippen LogP contribution in [0.2, 0.25) is 0 Å². The number of rotatable bonds is 2. The highest BCUT2D eigenvalue weighted by Gasteiger charge is 2.29. The first-order valence-electron chi connectivity index (χ1n) is 4.80. The van der Waals surface area contributed by atoms with Crippen molar-refractivity contribution >= 4 is 0 Å². The minimum Gasteiger partial charge on any atom is -0.298 e. The van der Waals surface area contributed by atoms with E-state index in [0.29, 0.717) is 0 Å². The van der Waals surface area contributed by atoms with Crippen LogP contribution in [0.3, 0.4) is 0 Å². The third kappa shape index (κ3) is 1.61. The molecule has 12 heavy (non-hydrogen) atoms. The van der Waals surface area contributed by atoms with Crippen LogP contribution in [0.4, 0.5) is 0 Å². The summed E-state index contributed by atoms with van der Waals surface area (Å²) in [4.78, 5) is 5.00. The van der Waals surface area contributed by atoms with Gasteiger partial charge in [-0.2, -0.15) is 0 Å². The number of hydrazine groups is 1. The topological polar surface area (TPSA) is 44.5 Å². The summed E-state index contributed by atoms with van der Waals surface area (Å²) >= 11 is 0. The van der Waals surface area contributed by atoms with E-state index in [9.17, 15) is 0 Å². The van der Waals surface area contributed by atoms with E-state index in [4.69, 9.17) is 5.84 Å². The molecule has 4 heteroatoms. The van der Waals surface area contributed by atoms with E-state index >= 15 is 0 Å². The maximum atomic E-state index is 5.29. The molecule has 0 saturated carbocycles. The zero-order chi connectivity index (χ0) is 8.39. The number of hydrogen-bond donors (Lipinski definition) is 2. The van der Waals surface area contributed by atoms with Gasteiger partial charge in [-0.05, 0) is 19.4 Å². The van der Waals surface area contributed by atoms with E-state index in [0.717, 1.165) is 12.7 Å². The molecule has 0 spiro atoms. The Morgan fingerprint density at radius 2 is 2.25 bits per heavy atom.